The number of urea groups is 1. The van der Waals surface area contributed by atoms with Gasteiger partial charge in [0.1, 0.15) is 11.2 Å². The van der Waals surface area contributed by atoms with Crippen molar-refractivity contribution in [3.63, 3.8) is 0 Å². The number of benzene rings is 1. The Morgan fingerprint density at radius 3 is 2.63 bits per heavy atom. The maximum atomic E-state index is 13.6. The van der Waals surface area contributed by atoms with Crippen molar-refractivity contribution in [3.8, 4) is 11.1 Å². The summed E-state index contributed by atoms with van der Waals surface area (Å²) >= 11 is 0. The number of nitrogens with zero attached hydrogens (tertiary/aromatic N) is 4. The third-order valence-corrected chi connectivity index (χ3v) is 8.71. The number of aromatic amines is 1. The van der Waals surface area contributed by atoms with Crippen LogP contribution in [0.2, 0.25) is 0 Å². The van der Waals surface area contributed by atoms with Crippen LogP contribution in [-0.4, -0.2) is 81.8 Å². The van der Waals surface area contributed by atoms with Crippen molar-refractivity contribution in [1.29, 1.82) is 0 Å². The molecule has 0 saturated carbocycles. The lowest BCUT2D eigenvalue weighted by Crippen LogP contribution is -2.45. The van der Waals surface area contributed by atoms with E-state index in [0.717, 1.165) is 71.1 Å². The highest BCUT2D eigenvalue weighted by molar-refractivity contribution is 5.85. The van der Waals surface area contributed by atoms with E-state index in [9.17, 15) is 9.59 Å². The minimum atomic E-state index is -0.569. The van der Waals surface area contributed by atoms with E-state index in [1.54, 1.807) is 7.11 Å². The van der Waals surface area contributed by atoms with Gasteiger partial charge in [0.05, 0.1) is 12.1 Å². The van der Waals surface area contributed by atoms with Gasteiger partial charge in [-0.3, -0.25) is 0 Å². The van der Waals surface area contributed by atoms with Crippen molar-refractivity contribution < 1.29 is 19.1 Å². The van der Waals surface area contributed by atoms with Gasteiger partial charge in [-0.2, -0.15) is 0 Å². The molecule has 6 rings (SSSR count). The molecule has 3 aromatic rings. The highest BCUT2D eigenvalue weighted by atomic mass is 16.6. The van der Waals surface area contributed by atoms with Crippen LogP contribution in [-0.2, 0) is 22.4 Å². The SMILES string of the molecule is COC1CCN(C(=O)N2CCc3cc(-c4cnc5[nH]cc(C)c5c4)cc(C4CCCN4C(=O)OC(C)(C)C)c3C2)C1. The average Bonchev–Trinajstić information content (AvgIpc) is 3.71. The zero-order valence-corrected chi connectivity index (χ0v) is 24.8. The number of carbonyl (C=O) groups is 2. The van der Waals surface area contributed by atoms with Gasteiger partial charge >= 0.3 is 12.1 Å². The molecule has 3 aliphatic heterocycles. The number of rotatable bonds is 3. The Morgan fingerprint density at radius 2 is 1.88 bits per heavy atom. The van der Waals surface area contributed by atoms with Gasteiger partial charge in [-0.05, 0) is 93.3 Å². The van der Waals surface area contributed by atoms with Gasteiger partial charge in [0.25, 0.3) is 0 Å². The molecule has 2 aromatic heterocycles. The second kappa shape index (κ2) is 10.7. The predicted molar refractivity (Wildman–Crippen MR) is 158 cm³/mol. The zero-order valence-electron chi connectivity index (χ0n) is 24.8. The van der Waals surface area contributed by atoms with E-state index < -0.39 is 5.60 Å². The summed E-state index contributed by atoms with van der Waals surface area (Å²) in [5.41, 5.74) is 7.11. The number of likely N-dealkylation sites (tertiary alicyclic amines) is 2. The lowest BCUT2D eigenvalue weighted by molar-refractivity contribution is 0.0223. The Balaban J connectivity index is 1.38. The van der Waals surface area contributed by atoms with E-state index in [1.165, 1.54) is 5.56 Å². The number of hydrogen-bond donors (Lipinski definition) is 1. The average molecular weight is 560 g/mol. The number of methoxy groups -OCH3 is 1. The van der Waals surface area contributed by atoms with Crippen molar-refractivity contribution in [1.82, 2.24) is 24.7 Å². The molecule has 218 valence electrons. The molecule has 3 aliphatic rings. The van der Waals surface area contributed by atoms with Crippen LogP contribution in [0.1, 0.15) is 68.3 Å². The number of aryl methyl sites for hydroxylation is 1. The maximum Gasteiger partial charge on any atom is 0.410 e. The molecule has 41 heavy (non-hydrogen) atoms. The first kappa shape index (κ1) is 27.6. The highest BCUT2D eigenvalue weighted by Gasteiger charge is 2.37. The van der Waals surface area contributed by atoms with Crippen LogP contribution in [0, 0.1) is 6.92 Å². The summed E-state index contributed by atoms with van der Waals surface area (Å²) in [7, 11) is 1.71. The lowest BCUT2D eigenvalue weighted by Gasteiger charge is -2.36. The largest absolute Gasteiger partial charge is 0.444 e. The van der Waals surface area contributed by atoms with Crippen LogP contribution in [0.25, 0.3) is 22.2 Å². The second-order valence-electron chi connectivity index (χ2n) is 12.7. The van der Waals surface area contributed by atoms with Crippen LogP contribution in [0.15, 0.2) is 30.6 Å². The van der Waals surface area contributed by atoms with Crippen molar-refractivity contribution in [2.75, 3.05) is 33.3 Å². The third-order valence-electron chi connectivity index (χ3n) is 8.71. The van der Waals surface area contributed by atoms with Gasteiger partial charge in [0.2, 0.25) is 0 Å². The molecule has 0 radical (unpaired) electrons. The maximum absolute atomic E-state index is 13.6. The molecular formula is C32H41N5O4. The van der Waals surface area contributed by atoms with Crippen LogP contribution >= 0.6 is 0 Å². The summed E-state index contributed by atoms with van der Waals surface area (Å²) in [6, 6.07) is 6.64. The molecule has 3 amide bonds. The number of H-pyrrole nitrogens is 1. The summed E-state index contributed by atoms with van der Waals surface area (Å²) < 4.78 is 11.3. The topological polar surface area (TPSA) is 91.0 Å². The van der Waals surface area contributed by atoms with Crippen LogP contribution in [0.5, 0.6) is 0 Å². The van der Waals surface area contributed by atoms with Gasteiger partial charge in [0.15, 0.2) is 0 Å². The van der Waals surface area contributed by atoms with Crippen LogP contribution < -0.4 is 0 Å². The molecule has 2 unspecified atom stereocenters. The number of carbonyl (C=O) groups excluding carboxylic acids is 2. The van der Waals surface area contributed by atoms with Gasteiger partial charge in [-0.15, -0.1) is 0 Å². The first-order chi connectivity index (χ1) is 19.6. The van der Waals surface area contributed by atoms with Crippen LogP contribution in [0.3, 0.4) is 0 Å². The van der Waals surface area contributed by atoms with Crippen molar-refractivity contribution in [3.05, 3.63) is 52.8 Å². The first-order valence-corrected chi connectivity index (χ1v) is 14.8. The summed E-state index contributed by atoms with van der Waals surface area (Å²) in [4.78, 5) is 40.6. The molecule has 1 N–H and O–H groups in total. The number of amides is 3. The lowest BCUT2D eigenvalue weighted by atomic mass is 9.87. The molecule has 9 heteroatoms. The third kappa shape index (κ3) is 5.39. The Hall–Kier alpha value is -3.59. The van der Waals surface area contributed by atoms with Gasteiger partial charge in [-0.1, -0.05) is 6.07 Å². The van der Waals surface area contributed by atoms with E-state index in [4.69, 9.17) is 9.47 Å². The fraction of sp³-hybridized carbons (Fsp3) is 0.531. The second-order valence-corrected chi connectivity index (χ2v) is 12.7. The Bertz CT molecular complexity index is 1470. The fourth-order valence-corrected chi connectivity index (χ4v) is 6.54. The molecule has 9 nitrogen and oxygen atoms in total. The molecule has 1 aromatic carbocycles. The quantitative estimate of drug-likeness (QED) is 0.437. The summed E-state index contributed by atoms with van der Waals surface area (Å²) in [6.45, 7) is 11.0. The Labute approximate surface area is 241 Å². The zero-order chi connectivity index (χ0) is 28.9. The molecule has 2 saturated heterocycles. The normalized spacial score (nSPS) is 21.0. The number of pyridine rings is 1. The number of fused-ring (bicyclic) bond motifs is 2. The molecule has 0 aliphatic carbocycles. The van der Waals surface area contributed by atoms with E-state index >= 15 is 0 Å². The molecule has 0 spiro atoms. The number of nitrogens with one attached hydrogen (secondary N) is 1. The first-order valence-electron chi connectivity index (χ1n) is 14.8. The number of ether oxygens (including phenoxy) is 2. The minimum Gasteiger partial charge on any atom is -0.444 e. The molecule has 2 atom stereocenters. The molecule has 0 bridgehead atoms. The summed E-state index contributed by atoms with van der Waals surface area (Å²) in [5, 5.41) is 1.11. The van der Waals surface area contributed by atoms with E-state index in [1.807, 2.05) is 47.9 Å². The van der Waals surface area contributed by atoms with Crippen molar-refractivity contribution in [2.24, 2.45) is 0 Å². The van der Waals surface area contributed by atoms with Gasteiger partial charge in [0, 0.05) is 63.2 Å². The number of hydrogen-bond acceptors (Lipinski definition) is 5. The predicted octanol–water partition coefficient (Wildman–Crippen LogP) is 5.81. The minimum absolute atomic E-state index is 0.0678. The van der Waals surface area contributed by atoms with Gasteiger partial charge < -0.3 is 29.2 Å². The molecular weight excluding hydrogens is 518 g/mol. The van der Waals surface area contributed by atoms with Crippen molar-refractivity contribution in [2.45, 2.75) is 77.7 Å². The van der Waals surface area contributed by atoms with E-state index in [-0.39, 0.29) is 24.3 Å². The van der Waals surface area contributed by atoms with E-state index in [0.29, 0.717) is 26.2 Å². The fourth-order valence-electron chi connectivity index (χ4n) is 6.54. The highest BCUT2D eigenvalue weighted by Crippen LogP contribution is 2.40. The van der Waals surface area contributed by atoms with Crippen LogP contribution in [0.4, 0.5) is 9.59 Å². The molecule has 5 heterocycles. The summed E-state index contributed by atoms with van der Waals surface area (Å²) in [5.74, 6) is 0. The number of aromatic nitrogens is 2. The summed E-state index contributed by atoms with van der Waals surface area (Å²) in [6.07, 6.45) is 7.13. The standard InChI is InChI=1S/C32H41N5O4/c1-20-16-33-29-25(20)15-23(17-34-29)22-13-21-8-11-36(30(38)35-12-9-24(18-35)40-5)19-27(21)26(14-22)28-7-6-10-37(28)31(39)41-32(2,3)4/h13-17,24,28H,6-12,18-19H2,1-5H3,(H,33,34). The van der Waals surface area contributed by atoms with E-state index in [2.05, 4.69) is 35.1 Å². The van der Waals surface area contributed by atoms with Gasteiger partial charge in [-0.25, -0.2) is 14.6 Å². The molecule has 2 fully saturated rings. The Kier molecular flexibility index (Phi) is 7.18. The smallest absolute Gasteiger partial charge is 0.410 e. The monoisotopic (exact) mass is 559 g/mol. The van der Waals surface area contributed by atoms with Crippen molar-refractivity contribution >= 4 is 23.2 Å². The Morgan fingerprint density at radius 1 is 1.05 bits per heavy atom.